The van der Waals surface area contributed by atoms with Crippen molar-refractivity contribution in [2.24, 2.45) is 0 Å². The van der Waals surface area contributed by atoms with E-state index in [9.17, 15) is 9.59 Å². The zero-order chi connectivity index (χ0) is 9.02. The second kappa shape index (κ2) is 3.89. The van der Waals surface area contributed by atoms with Crippen molar-refractivity contribution in [2.75, 3.05) is 0 Å². The van der Waals surface area contributed by atoms with Crippen LogP contribution in [0.1, 0.15) is 6.42 Å². The normalized spacial score (nSPS) is 15.5. The van der Waals surface area contributed by atoms with Crippen LogP contribution in [0.15, 0.2) is 0 Å². The molecule has 0 fully saturated rings. The van der Waals surface area contributed by atoms with Gasteiger partial charge in [0.05, 0.1) is 0 Å². The number of aliphatic carboxylic acids is 2. The maximum atomic E-state index is 9.90. The van der Waals surface area contributed by atoms with Gasteiger partial charge in [-0.2, -0.15) is 0 Å². The predicted octanol–water partition coefficient (Wildman–Crippen LogP) is -1.73. The first-order chi connectivity index (χ1) is 4.95. The van der Waals surface area contributed by atoms with Gasteiger partial charge in [-0.3, -0.25) is 0 Å². The van der Waals surface area contributed by atoms with Crippen molar-refractivity contribution < 1.29 is 30.0 Å². The Morgan fingerprint density at radius 2 is 1.27 bits per heavy atom. The topological polar surface area (TPSA) is 115 Å². The number of carboxylic acids is 2. The molecular formula is C5H8O6. The quantitative estimate of drug-likeness (QED) is 0.392. The maximum absolute atomic E-state index is 9.90. The highest BCUT2D eigenvalue weighted by molar-refractivity contribution is 5.75. The van der Waals surface area contributed by atoms with Gasteiger partial charge in [0.25, 0.3) is 0 Å². The Balaban J connectivity index is 3.84. The maximum Gasteiger partial charge on any atom is 0.332 e. The Labute approximate surface area is 61.7 Å². The highest BCUT2D eigenvalue weighted by Crippen LogP contribution is 1.98. The first-order valence-electron chi connectivity index (χ1n) is 2.77. The Morgan fingerprint density at radius 3 is 1.45 bits per heavy atom. The minimum Gasteiger partial charge on any atom is -0.479 e. The SMILES string of the molecule is O=C(O)[C@@H](O)C[C@H](O)C(=O)O. The number of aliphatic hydroxyl groups is 2. The molecule has 6 heteroatoms. The van der Waals surface area contributed by atoms with E-state index in [4.69, 9.17) is 20.4 Å². The summed E-state index contributed by atoms with van der Waals surface area (Å²) in [5, 5.41) is 33.2. The van der Waals surface area contributed by atoms with Gasteiger partial charge in [0, 0.05) is 6.42 Å². The van der Waals surface area contributed by atoms with Crippen molar-refractivity contribution in [3.63, 3.8) is 0 Å². The lowest BCUT2D eigenvalue weighted by molar-refractivity contribution is -0.153. The summed E-state index contributed by atoms with van der Waals surface area (Å²) in [6, 6.07) is 0. The van der Waals surface area contributed by atoms with Crippen LogP contribution in [0.3, 0.4) is 0 Å². The fourth-order valence-corrected chi connectivity index (χ4v) is 0.413. The lowest BCUT2D eigenvalue weighted by atomic mass is 10.1. The fraction of sp³-hybridized carbons (Fsp3) is 0.600. The summed E-state index contributed by atoms with van der Waals surface area (Å²) >= 11 is 0. The molecule has 64 valence electrons. The van der Waals surface area contributed by atoms with Crippen LogP contribution < -0.4 is 0 Å². The Kier molecular flexibility index (Phi) is 3.49. The van der Waals surface area contributed by atoms with Crippen molar-refractivity contribution >= 4 is 11.9 Å². The summed E-state index contributed by atoms with van der Waals surface area (Å²) in [6.07, 6.45) is -4.37. The van der Waals surface area contributed by atoms with E-state index in [1.807, 2.05) is 0 Å². The molecule has 0 bridgehead atoms. The summed E-state index contributed by atoms with van der Waals surface area (Å²) in [5.41, 5.74) is 0. The van der Waals surface area contributed by atoms with Crippen LogP contribution in [0, 0.1) is 0 Å². The molecule has 0 amide bonds. The van der Waals surface area contributed by atoms with Crippen LogP contribution in [0.5, 0.6) is 0 Å². The minimum absolute atomic E-state index is 0.704. The molecule has 0 heterocycles. The zero-order valence-corrected chi connectivity index (χ0v) is 5.47. The summed E-state index contributed by atoms with van der Waals surface area (Å²) in [6.45, 7) is 0. The molecule has 2 atom stereocenters. The van der Waals surface area contributed by atoms with E-state index in [2.05, 4.69) is 0 Å². The largest absolute Gasteiger partial charge is 0.479 e. The molecule has 0 rings (SSSR count). The van der Waals surface area contributed by atoms with E-state index in [-0.39, 0.29) is 0 Å². The van der Waals surface area contributed by atoms with Crippen molar-refractivity contribution in [1.82, 2.24) is 0 Å². The Bertz CT molecular complexity index is 146. The van der Waals surface area contributed by atoms with E-state index in [0.717, 1.165) is 0 Å². The number of hydrogen-bond acceptors (Lipinski definition) is 4. The van der Waals surface area contributed by atoms with E-state index in [1.165, 1.54) is 0 Å². The first-order valence-corrected chi connectivity index (χ1v) is 2.77. The second-order valence-corrected chi connectivity index (χ2v) is 1.94. The Morgan fingerprint density at radius 1 is 1.00 bits per heavy atom. The number of carbonyl (C=O) groups is 2. The average Bonchev–Trinajstić information content (AvgIpc) is 1.87. The molecule has 11 heavy (non-hydrogen) atoms. The predicted molar refractivity (Wildman–Crippen MR) is 31.9 cm³/mol. The number of carboxylic acid groups (broad SMARTS) is 2. The summed E-state index contributed by atoms with van der Waals surface area (Å²) in [5.74, 6) is -3.10. The molecule has 4 N–H and O–H groups in total. The molecule has 0 aliphatic rings. The summed E-state index contributed by atoms with van der Waals surface area (Å²) in [4.78, 5) is 19.8. The first kappa shape index (κ1) is 9.86. The molecular weight excluding hydrogens is 156 g/mol. The van der Waals surface area contributed by atoms with Gasteiger partial charge in [0.1, 0.15) is 0 Å². The molecule has 0 aliphatic carbocycles. The fourth-order valence-electron chi connectivity index (χ4n) is 0.413. The molecule has 0 saturated heterocycles. The third-order valence-corrected chi connectivity index (χ3v) is 1.02. The van der Waals surface area contributed by atoms with Gasteiger partial charge in [0.2, 0.25) is 0 Å². The van der Waals surface area contributed by atoms with E-state index in [1.54, 1.807) is 0 Å². The molecule has 6 nitrogen and oxygen atoms in total. The second-order valence-electron chi connectivity index (χ2n) is 1.94. The molecule has 0 radical (unpaired) electrons. The number of rotatable bonds is 4. The van der Waals surface area contributed by atoms with E-state index in [0.29, 0.717) is 0 Å². The third-order valence-electron chi connectivity index (χ3n) is 1.02. The van der Waals surface area contributed by atoms with Crippen LogP contribution >= 0.6 is 0 Å². The average molecular weight is 164 g/mol. The lowest BCUT2D eigenvalue weighted by Crippen LogP contribution is -2.30. The molecule has 0 aromatic heterocycles. The van der Waals surface area contributed by atoms with Crippen LogP contribution in [0.25, 0.3) is 0 Å². The van der Waals surface area contributed by atoms with Gasteiger partial charge in [0.15, 0.2) is 12.2 Å². The van der Waals surface area contributed by atoms with Crippen LogP contribution in [0.2, 0.25) is 0 Å². The minimum atomic E-state index is -1.83. The molecule has 0 aliphatic heterocycles. The van der Waals surface area contributed by atoms with E-state index >= 15 is 0 Å². The third kappa shape index (κ3) is 3.54. The van der Waals surface area contributed by atoms with Crippen LogP contribution in [-0.2, 0) is 9.59 Å². The monoisotopic (exact) mass is 164 g/mol. The van der Waals surface area contributed by atoms with Crippen molar-refractivity contribution in [3.8, 4) is 0 Å². The molecule has 0 saturated carbocycles. The smallest absolute Gasteiger partial charge is 0.332 e. The van der Waals surface area contributed by atoms with Gasteiger partial charge in [-0.15, -0.1) is 0 Å². The summed E-state index contributed by atoms with van der Waals surface area (Å²) < 4.78 is 0. The van der Waals surface area contributed by atoms with Crippen LogP contribution in [0.4, 0.5) is 0 Å². The molecule has 0 spiro atoms. The van der Waals surface area contributed by atoms with Crippen molar-refractivity contribution in [1.29, 1.82) is 0 Å². The van der Waals surface area contributed by atoms with Gasteiger partial charge in [-0.05, 0) is 0 Å². The summed E-state index contributed by atoms with van der Waals surface area (Å²) in [7, 11) is 0. The van der Waals surface area contributed by atoms with Gasteiger partial charge in [-0.1, -0.05) is 0 Å². The van der Waals surface area contributed by atoms with E-state index < -0.39 is 30.6 Å². The van der Waals surface area contributed by atoms with Gasteiger partial charge >= 0.3 is 11.9 Å². The lowest BCUT2D eigenvalue weighted by Gasteiger charge is -2.07. The molecule has 0 aromatic rings. The highest BCUT2D eigenvalue weighted by atomic mass is 16.4. The van der Waals surface area contributed by atoms with Crippen LogP contribution in [-0.4, -0.2) is 44.6 Å². The zero-order valence-electron chi connectivity index (χ0n) is 5.47. The van der Waals surface area contributed by atoms with Crippen molar-refractivity contribution in [2.45, 2.75) is 18.6 Å². The highest BCUT2D eigenvalue weighted by Gasteiger charge is 2.22. The van der Waals surface area contributed by atoms with Gasteiger partial charge in [-0.25, -0.2) is 9.59 Å². The number of hydrogen-bond donors (Lipinski definition) is 4. The molecule has 0 unspecified atom stereocenters. The standard InChI is InChI=1S/C5H8O6/c6-2(4(8)9)1-3(7)5(10)11/h2-3,6-7H,1H2,(H,8,9)(H,10,11)/t2-,3-/m0/s1. The Hall–Kier alpha value is -1.14. The number of aliphatic hydroxyl groups excluding tert-OH is 2. The molecule has 0 aromatic carbocycles. The van der Waals surface area contributed by atoms with Crippen molar-refractivity contribution in [3.05, 3.63) is 0 Å². The van der Waals surface area contributed by atoms with Gasteiger partial charge < -0.3 is 20.4 Å².